The molecule has 1 spiro atoms. The molecule has 1 aromatic carbocycles. The molecule has 3 fully saturated rings. The van der Waals surface area contributed by atoms with Crippen molar-refractivity contribution in [2.75, 3.05) is 13.1 Å². The van der Waals surface area contributed by atoms with Gasteiger partial charge in [0.15, 0.2) is 11.4 Å². The van der Waals surface area contributed by atoms with E-state index < -0.39 is 60.7 Å². The van der Waals surface area contributed by atoms with Crippen LogP contribution in [0.25, 0.3) is 0 Å². The smallest absolute Gasteiger partial charge is 0.411 e. The Bertz CT molecular complexity index is 1310. The molecular formula is C28H30F4N4O5. The molecule has 41 heavy (non-hydrogen) atoms. The van der Waals surface area contributed by atoms with Crippen molar-refractivity contribution in [3.8, 4) is 0 Å². The predicted molar refractivity (Wildman–Crippen MR) is 136 cm³/mol. The van der Waals surface area contributed by atoms with Gasteiger partial charge in [0.25, 0.3) is 0 Å². The van der Waals surface area contributed by atoms with Crippen LogP contribution in [0, 0.1) is 11.7 Å². The third-order valence-electron chi connectivity index (χ3n) is 8.28. The maximum atomic E-state index is 13.6. The average Bonchev–Trinajstić information content (AvgIpc) is 3.40. The number of fused-ring (bicyclic) bond motifs is 2. The summed E-state index contributed by atoms with van der Waals surface area (Å²) in [5, 5.41) is 5.40. The van der Waals surface area contributed by atoms with Crippen molar-refractivity contribution in [3.05, 3.63) is 59.1 Å². The van der Waals surface area contributed by atoms with Crippen molar-refractivity contribution in [1.29, 1.82) is 0 Å². The molecule has 4 aliphatic rings. The molecule has 220 valence electrons. The summed E-state index contributed by atoms with van der Waals surface area (Å²) in [6.45, 7) is -0.380. The maximum Gasteiger partial charge on any atom is 0.411 e. The monoisotopic (exact) mass is 578 g/mol. The van der Waals surface area contributed by atoms with Gasteiger partial charge in [-0.25, -0.2) is 14.0 Å². The summed E-state index contributed by atoms with van der Waals surface area (Å²) < 4.78 is 59.9. The largest absolute Gasteiger partial charge is 0.436 e. The molecule has 1 saturated heterocycles. The topological polar surface area (TPSA) is 108 Å². The van der Waals surface area contributed by atoms with Gasteiger partial charge in [-0.05, 0) is 68.4 Å². The highest BCUT2D eigenvalue weighted by molar-refractivity contribution is 6.03. The van der Waals surface area contributed by atoms with Gasteiger partial charge in [-0.15, -0.1) is 0 Å². The molecular weight excluding hydrogens is 548 g/mol. The van der Waals surface area contributed by atoms with Crippen LogP contribution in [-0.4, -0.2) is 70.6 Å². The molecule has 0 radical (unpaired) electrons. The normalized spacial score (nSPS) is 24.7. The first-order chi connectivity index (χ1) is 19.4. The molecule has 5 rings (SSSR count). The van der Waals surface area contributed by atoms with Gasteiger partial charge in [-0.2, -0.15) is 13.2 Å². The zero-order chi connectivity index (χ0) is 29.5. The lowest BCUT2D eigenvalue weighted by molar-refractivity contribution is -0.187. The van der Waals surface area contributed by atoms with E-state index >= 15 is 0 Å². The molecule has 1 aromatic rings. The molecule has 1 heterocycles. The summed E-state index contributed by atoms with van der Waals surface area (Å²) >= 11 is 0. The number of Topliss-reactive ketones (excluding diaryl/α,β-unsaturated/α-hetero) is 1. The van der Waals surface area contributed by atoms with E-state index in [2.05, 4.69) is 10.6 Å². The number of nitrogens with one attached hydrogen (secondary N) is 2. The summed E-state index contributed by atoms with van der Waals surface area (Å²) in [5.74, 6) is -2.48. The van der Waals surface area contributed by atoms with Crippen LogP contribution in [-0.2, 0) is 20.9 Å². The first kappa shape index (κ1) is 28.6. The van der Waals surface area contributed by atoms with Crippen LogP contribution in [0.1, 0.15) is 44.6 Å². The molecule has 9 nitrogen and oxygen atoms in total. The Kier molecular flexibility index (Phi) is 7.56. The maximum absolute atomic E-state index is 13.6. The van der Waals surface area contributed by atoms with E-state index in [4.69, 9.17) is 4.74 Å². The number of rotatable bonds is 7. The van der Waals surface area contributed by atoms with Gasteiger partial charge in [0, 0.05) is 18.5 Å². The number of benzene rings is 1. The Morgan fingerprint density at radius 3 is 2.49 bits per heavy atom. The van der Waals surface area contributed by atoms with E-state index in [1.807, 2.05) is 0 Å². The van der Waals surface area contributed by atoms with Crippen LogP contribution in [0.15, 0.2) is 47.7 Å². The highest BCUT2D eigenvalue weighted by atomic mass is 19.4. The second-order valence-electron chi connectivity index (χ2n) is 11.0. The molecule has 2 N–H and O–H groups in total. The Balaban J connectivity index is 1.29. The summed E-state index contributed by atoms with van der Waals surface area (Å²) in [6.07, 6.45) is 0.907. The zero-order valence-corrected chi connectivity index (χ0v) is 22.3. The third-order valence-corrected chi connectivity index (χ3v) is 8.28. The number of ether oxygens (including phenoxy) is 1. The first-order valence-corrected chi connectivity index (χ1v) is 13.5. The minimum Gasteiger partial charge on any atom is -0.436 e. The number of ketones is 1. The Morgan fingerprint density at radius 2 is 1.85 bits per heavy atom. The predicted octanol–water partition coefficient (Wildman–Crippen LogP) is 3.95. The van der Waals surface area contributed by atoms with Crippen LogP contribution in [0.5, 0.6) is 0 Å². The van der Waals surface area contributed by atoms with Gasteiger partial charge in [-0.3, -0.25) is 14.5 Å². The average molecular weight is 579 g/mol. The fourth-order valence-corrected chi connectivity index (χ4v) is 5.67. The number of alkyl halides is 3. The summed E-state index contributed by atoms with van der Waals surface area (Å²) in [7, 11) is 0. The lowest BCUT2D eigenvalue weighted by atomic mass is 9.85. The minimum absolute atomic E-state index is 0.0903. The second kappa shape index (κ2) is 10.8. The number of halogens is 4. The number of amides is 4. The quantitative estimate of drug-likeness (QED) is 0.477. The fraction of sp³-hybridized carbons (Fsp3) is 0.500. The van der Waals surface area contributed by atoms with Crippen molar-refractivity contribution in [2.24, 2.45) is 5.92 Å². The van der Waals surface area contributed by atoms with Gasteiger partial charge in [0.2, 0.25) is 5.91 Å². The van der Waals surface area contributed by atoms with Crippen LogP contribution in [0.2, 0.25) is 0 Å². The summed E-state index contributed by atoms with van der Waals surface area (Å²) in [4.78, 5) is 53.0. The highest BCUT2D eigenvalue weighted by Gasteiger charge is 2.56. The number of carbonyl (C=O) groups is 4. The van der Waals surface area contributed by atoms with Crippen molar-refractivity contribution in [2.45, 2.75) is 69.4 Å². The molecule has 0 bridgehead atoms. The molecule has 2 unspecified atom stereocenters. The van der Waals surface area contributed by atoms with E-state index in [-0.39, 0.29) is 30.5 Å². The summed E-state index contributed by atoms with van der Waals surface area (Å²) in [5.41, 5.74) is -0.256. The van der Waals surface area contributed by atoms with E-state index in [0.717, 1.165) is 43.2 Å². The SMILES string of the molecule is CC(N(Cc1ccc(F)cc1)C(=O)CN1C[C@]2(CCC3C(=O)C(NC(=O)NC4CCC4)=CC=C32)OC1=O)C(F)(F)F. The van der Waals surface area contributed by atoms with E-state index in [9.17, 15) is 36.7 Å². The van der Waals surface area contributed by atoms with E-state index in [1.165, 1.54) is 18.2 Å². The zero-order valence-electron chi connectivity index (χ0n) is 22.3. The van der Waals surface area contributed by atoms with Crippen molar-refractivity contribution in [1.82, 2.24) is 20.4 Å². The van der Waals surface area contributed by atoms with Gasteiger partial charge in [0.05, 0.1) is 12.2 Å². The van der Waals surface area contributed by atoms with Crippen LogP contribution < -0.4 is 10.6 Å². The first-order valence-electron chi connectivity index (χ1n) is 13.5. The molecule has 1 aliphatic heterocycles. The van der Waals surface area contributed by atoms with E-state index in [0.29, 0.717) is 22.5 Å². The highest BCUT2D eigenvalue weighted by Crippen LogP contribution is 2.48. The molecule has 13 heteroatoms. The Labute approximate surface area is 233 Å². The number of carbonyl (C=O) groups excluding carboxylic acids is 4. The van der Waals surface area contributed by atoms with Crippen molar-refractivity contribution in [3.63, 3.8) is 0 Å². The lowest BCUT2D eigenvalue weighted by Crippen LogP contribution is -2.50. The Morgan fingerprint density at radius 1 is 1.15 bits per heavy atom. The number of urea groups is 1. The molecule has 4 amide bonds. The van der Waals surface area contributed by atoms with E-state index in [1.54, 1.807) is 6.08 Å². The minimum atomic E-state index is -4.73. The van der Waals surface area contributed by atoms with Gasteiger partial charge < -0.3 is 20.3 Å². The molecule has 3 atom stereocenters. The third kappa shape index (κ3) is 5.80. The number of allylic oxidation sites excluding steroid dienone is 3. The molecule has 2 saturated carbocycles. The fourth-order valence-electron chi connectivity index (χ4n) is 5.67. The van der Waals surface area contributed by atoms with Crippen LogP contribution in [0.4, 0.5) is 27.2 Å². The van der Waals surface area contributed by atoms with Crippen molar-refractivity contribution < 1.29 is 41.5 Å². The van der Waals surface area contributed by atoms with Gasteiger partial charge in [-0.1, -0.05) is 18.2 Å². The Hall–Kier alpha value is -3.90. The number of hydrogen-bond donors (Lipinski definition) is 2. The lowest BCUT2D eigenvalue weighted by Gasteiger charge is -2.32. The standard InChI is InChI=1S/C28H30F4N4O5/c1-16(28(30,31)32)36(13-17-5-7-18(29)8-6-17)23(37)14-35-15-27(41-26(35)40)12-11-20-21(27)9-10-22(24(20)38)34-25(39)33-19-3-2-4-19/h5-10,16,19-20H,2-4,11-15H2,1H3,(H2,33,34,39)/t16?,20?,27-/m0/s1. The summed E-state index contributed by atoms with van der Waals surface area (Å²) in [6, 6.07) is 2.21. The van der Waals surface area contributed by atoms with Crippen LogP contribution >= 0.6 is 0 Å². The van der Waals surface area contributed by atoms with Crippen molar-refractivity contribution >= 4 is 23.8 Å². The number of nitrogens with zero attached hydrogens (tertiary/aromatic N) is 2. The second-order valence-corrected chi connectivity index (χ2v) is 11.0. The molecule has 3 aliphatic carbocycles. The number of hydrogen-bond acceptors (Lipinski definition) is 5. The van der Waals surface area contributed by atoms with Crippen LogP contribution in [0.3, 0.4) is 0 Å². The molecule has 0 aromatic heterocycles. The van der Waals surface area contributed by atoms with Gasteiger partial charge >= 0.3 is 18.3 Å². The van der Waals surface area contributed by atoms with Gasteiger partial charge in [0.1, 0.15) is 18.4 Å².